The molecule has 1 aliphatic heterocycles. The summed E-state index contributed by atoms with van der Waals surface area (Å²) in [6.07, 6.45) is 0.503. The van der Waals surface area contributed by atoms with E-state index in [9.17, 15) is 43.8 Å². The molecule has 0 radical (unpaired) electrons. The molecule has 6 atom stereocenters. The summed E-state index contributed by atoms with van der Waals surface area (Å²) in [6.45, 7) is 3.60. The number of aliphatic hydroxyl groups is 1. The highest BCUT2D eigenvalue weighted by molar-refractivity contribution is 5.95. The molecule has 1 fully saturated rings. The number of hydrogen-bond donors (Lipinski definition) is 8. The third-order valence-electron chi connectivity index (χ3n) is 6.65. The molecule has 0 aromatic heterocycles. The molecule has 16 heteroatoms. The number of aliphatic hydroxyl groups excluding tert-OH is 1. The van der Waals surface area contributed by atoms with Crippen molar-refractivity contribution in [1.29, 1.82) is 0 Å². The van der Waals surface area contributed by atoms with Crippen molar-refractivity contribution in [2.75, 3.05) is 19.7 Å². The normalized spacial score (nSPS) is 18.4. The Bertz CT molecular complexity index is 960. The highest BCUT2D eigenvalue weighted by atomic mass is 16.4. The predicted octanol–water partition coefficient (Wildman–Crippen LogP) is -3.12. The van der Waals surface area contributed by atoms with Gasteiger partial charge >= 0.3 is 11.9 Å². The van der Waals surface area contributed by atoms with E-state index in [0.29, 0.717) is 12.8 Å². The smallest absolute Gasteiger partial charge is 0.326 e. The minimum atomic E-state index is -1.48. The number of nitrogens with two attached hydrogens (primary N) is 1. The lowest BCUT2D eigenvalue weighted by molar-refractivity contribution is -0.149. The number of aliphatic carboxylic acids is 2. The van der Waals surface area contributed by atoms with Gasteiger partial charge in [-0.2, -0.15) is 0 Å². The summed E-state index contributed by atoms with van der Waals surface area (Å²) in [7, 11) is 0. The fourth-order valence-corrected chi connectivity index (χ4v) is 3.93. The van der Waals surface area contributed by atoms with Gasteiger partial charge in [0, 0.05) is 13.0 Å². The standard InChI is InChI=1S/C24H40N6O10/c1-4-12(2)19(25)22(37)27-13(3)20(35)29-15(11-31)21(36)26-10-17(32)28-14(7-8-18(33)34)23(38)30-9-5-6-16(30)24(39)40/h12-16,19,31H,4-11,25H2,1-3H3,(H,26,36)(H,27,37)(H,28,32)(H,29,35)(H,33,34)(H,39,40)/t12-,13-,14-,15-,16-,19-/m0/s1. The lowest BCUT2D eigenvalue weighted by Crippen LogP contribution is -2.57. The van der Waals surface area contributed by atoms with Crippen LogP contribution in [0.15, 0.2) is 0 Å². The first-order valence-corrected chi connectivity index (χ1v) is 13.0. The fourth-order valence-electron chi connectivity index (χ4n) is 3.93. The monoisotopic (exact) mass is 572 g/mol. The van der Waals surface area contributed by atoms with Gasteiger partial charge in [0.25, 0.3) is 0 Å². The minimum absolute atomic E-state index is 0.131. The van der Waals surface area contributed by atoms with Gasteiger partial charge in [0.1, 0.15) is 24.2 Å². The van der Waals surface area contributed by atoms with Gasteiger partial charge in [-0.3, -0.25) is 28.8 Å². The second-order valence-electron chi connectivity index (χ2n) is 9.68. The van der Waals surface area contributed by atoms with Crippen LogP contribution in [-0.4, -0.2) is 112 Å². The fraction of sp³-hybridized carbons (Fsp3) is 0.708. The molecule has 16 nitrogen and oxygen atoms in total. The molecule has 0 aliphatic carbocycles. The molecule has 1 aliphatic rings. The maximum Gasteiger partial charge on any atom is 0.326 e. The Kier molecular flexibility index (Phi) is 14.0. The predicted molar refractivity (Wildman–Crippen MR) is 138 cm³/mol. The Labute approximate surface area is 231 Å². The maximum absolute atomic E-state index is 12.9. The van der Waals surface area contributed by atoms with E-state index in [1.807, 2.05) is 6.92 Å². The van der Waals surface area contributed by atoms with E-state index in [-0.39, 0.29) is 25.3 Å². The Morgan fingerprint density at radius 2 is 1.60 bits per heavy atom. The van der Waals surface area contributed by atoms with E-state index in [2.05, 4.69) is 21.3 Å². The van der Waals surface area contributed by atoms with Crippen LogP contribution in [0.1, 0.15) is 52.9 Å². The molecule has 0 spiro atoms. The van der Waals surface area contributed by atoms with Crippen molar-refractivity contribution < 1.29 is 48.9 Å². The molecule has 1 rings (SSSR count). The van der Waals surface area contributed by atoms with Crippen molar-refractivity contribution >= 4 is 41.5 Å². The molecule has 0 saturated carbocycles. The van der Waals surface area contributed by atoms with Crippen LogP contribution < -0.4 is 27.0 Å². The number of rotatable bonds is 16. The summed E-state index contributed by atoms with van der Waals surface area (Å²) in [4.78, 5) is 86.0. The Balaban J connectivity index is 2.72. The number of hydrogen-bond acceptors (Lipinski definition) is 9. The van der Waals surface area contributed by atoms with Gasteiger partial charge in [-0.15, -0.1) is 0 Å². The first kappa shape index (κ1) is 34.2. The average Bonchev–Trinajstić information content (AvgIpc) is 3.41. The van der Waals surface area contributed by atoms with E-state index in [1.54, 1.807) is 6.92 Å². The summed E-state index contributed by atoms with van der Waals surface area (Å²) < 4.78 is 0. The van der Waals surface area contributed by atoms with Crippen LogP contribution in [0.25, 0.3) is 0 Å². The maximum atomic E-state index is 12.9. The van der Waals surface area contributed by atoms with Crippen molar-refractivity contribution in [3.05, 3.63) is 0 Å². The van der Waals surface area contributed by atoms with Crippen molar-refractivity contribution in [3.8, 4) is 0 Å². The number of carboxylic acid groups (broad SMARTS) is 2. The third-order valence-corrected chi connectivity index (χ3v) is 6.65. The average molecular weight is 573 g/mol. The lowest BCUT2D eigenvalue weighted by atomic mass is 9.99. The Morgan fingerprint density at radius 1 is 0.950 bits per heavy atom. The molecular formula is C24H40N6O10. The van der Waals surface area contributed by atoms with Gasteiger partial charge in [0.2, 0.25) is 29.5 Å². The van der Waals surface area contributed by atoms with Crippen LogP contribution in [0.2, 0.25) is 0 Å². The summed E-state index contributed by atoms with van der Waals surface area (Å²) in [6, 6.07) is -5.85. The van der Waals surface area contributed by atoms with Crippen LogP contribution in [0.4, 0.5) is 0 Å². The topological polar surface area (TPSA) is 258 Å². The molecular weight excluding hydrogens is 532 g/mol. The van der Waals surface area contributed by atoms with Gasteiger partial charge < -0.3 is 47.2 Å². The zero-order valence-electron chi connectivity index (χ0n) is 22.8. The van der Waals surface area contributed by atoms with Crippen LogP contribution in [0.5, 0.6) is 0 Å². The van der Waals surface area contributed by atoms with E-state index in [4.69, 9.17) is 10.8 Å². The molecule has 0 bridgehead atoms. The number of carbonyl (C=O) groups excluding carboxylic acids is 5. The number of nitrogens with one attached hydrogen (secondary N) is 4. The molecule has 5 amide bonds. The summed E-state index contributed by atoms with van der Waals surface area (Å²) in [5, 5.41) is 37.1. The molecule has 0 unspecified atom stereocenters. The highest BCUT2D eigenvalue weighted by Gasteiger charge is 2.37. The number of amides is 5. The van der Waals surface area contributed by atoms with Crippen molar-refractivity contribution in [3.63, 3.8) is 0 Å². The van der Waals surface area contributed by atoms with Gasteiger partial charge in [-0.1, -0.05) is 20.3 Å². The van der Waals surface area contributed by atoms with Crippen molar-refractivity contribution in [2.45, 2.75) is 83.1 Å². The largest absolute Gasteiger partial charge is 0.481 e. The van der Waals surface area contributed by atoms with Crippen LogP contribution in [0.3, 0.4) is 0 Å². The van der Waals surface area contributed by atoms with Crippen LogP contribution in [0, 0.1) is 5.92 Å². The lowest BCUT2D eigenvalue weighted by Gasteiger charge is -2.27. The summed E-state index contributed by atoms with van der Waals surface area (Å²) >= 11 is 0. The Morgan fingerprint density at radius 3 is 2.15 bits per heavy atom. The summed E-state index contributed by atoms with van der Waals surface area (Å²) in [5.41, 5.74) is 5.84. The first-order valence-electron chi connectivity index (χ1n) is 13.0. The SMILES string of the molecule is CC[C@H](C)[C@H](N)C(=O)N[C@@H](C)C(=O)N[C@@H](CO)C(=O)NCC(=O)N[C@@H](CCC(=O)O)C(=O)N1CCC[C@H]1C(=O)O. The molecule has 0 aromatic carbocycles. The molecule has 9 N–H and O–H groups in total. The zero-order chi connectivity index (χ0) is 30.6. The second-order valence-corrected chi connectivity index (χ2v) is 9.68. The van der Waals surface area contributed by atoms with Crippen LogP contribution >= 0.6 is 0 Å². The third kappa shape index (κ3) is 10.4. The Hall–Kier alpha value is -3.79. The second kappa shape index (κ2) is 16.3. The van der Waals surface area contributed by atoms with E-state index >= 15 is 0 Å². The highest BCUT2D eigenvalue weighted by Crippen LogP contribution is 2.19. The van der Waals surface area contributed by atoms with Gasteiger partial charge in [-0.25, -0.2) is 4.79 Å². The number of likely N-dealkylation sites (tertiary alicyclic amines) is 1. The zero-order valence-corrected chi connectivity index (χ0v) is 22.8. The first-order chi connectivity index (χ1) is 18.7. The quantitative estimate of drug-likeness (QED) is 0.0917. The van der Waals surface area contributed by atoms with Gasteiger partial charge in [0.05, 0.1) is 19.2 Å². The van der Waals surface area contributed by atoms with Crippen molar-refractivity contribution in [1.82, 2.24) is 26.2 Å². The van der Waals surface area contributed by atoms with Crippen molar-refractivity contribution in [2.24, 2.45) is 11.7 Å². The van der Waals surface area contributed by atoms with E-state index in [1.165, 1.54) is 6.92 Å². The molecule has 1 saturated heterocycles. The molecule has 226 valence electrons. The number of carboxylic acids is 2. The van der Waals surface area contributed by atoms with Gasteiger partial charge in [0.15, 0.2) is 0 Å². The van der Waals surface area contributed by atoms with E-state index in [0.717, 1.165) is 4.90 Å². The molecule has 0 aromatic rings. The van der Waals surface area contributed by atoms with Crippen LogP contribution in [-0.2, 0) is 33.6 Å². The summed E-state index contributed by atoms with van der Waals surface area (Å²) in [5.74, 6) is -6.52. The molecule has 40 heavy (non-hydrogen) atoms. The number of nitrogens with zero attached hydrogens (tertiary/aromatic N) is 1. The molecule has 1 heterocycles. The van der Waals surface area contributed by atoms with Gasteiger partial charge in [-0.05, 0) is 32.1 Å². The minimum Gasteiger partial charge on any atom is -0.481 e. The van der Waals surface area contributed by atoms with E-state index < -0.39 is 91.3 Å². The number of carbonyl (C=O) groups is 7.